The van der Waals surface area contributed by atoms with Crippen LogP contribution in [0, 0.1) is 6.92 Å². The molecule has 2 aromatic carbocycles. The molecule has 0 amide bonds. The first-order chi connectivity index (χ1) is 12.1. The van der Waals surface area contributed by atoms with Crippen molar-refractivity contribution >= 4 is 53.2 Å². The normalized spacial score (nSPS) is 15.9. The average molecular weight is 407 g/mol. The van der Waals surface area contributed by atoms with Crippen molar-refractivity contribution in [2.45, 2.75) is 25.6 Å². The standard InChI is InChI=1S/C19H14ClF3O3.Na.H/c1-10-2-4-11(5-3-10)6-12-9-16-13(8-15(12)20)7-14(18(24)25)17(26-16)19(21,22)23;;/h2-5,7-9,17H,6H2,1H3,(H,24,25);;. The molecule has 2 aromatic rings. The number of rotatable bonds is 3. The van der Waals surface area contributed by atoms with Crippen molar-refractivity contribution in [2.24, 2.45) is 0 Å². The molecule has 1 N–H and O–H groups in total. The van der Waals surface area contributed by atoms with Crippen LogP contribution < -0.4 is 4.74 Å². The molecule has 1 heterocycles. The van der Waals surface area contributed by atoms with Gasteiger partial charge in [-0.3, -0.25) is 0 Å². The second-order valence-electron chi connectivity index (χ2n) is 6.09. The first kappa shape index (κ1) is 21.8. The summed E-state index contributed by atoms with van der Waals surface area (Å²) in [7, 11) is 0. The van der Waals surface area contributed by atoms with Crippen LogP contribution in [0.15, 0.2) is 42.0 Å². The van der Waals surface area contributed by atoms with Crippen LogP contribution in [-0.2, 0) is 11.2 Å². The Morgan fingerprint density at radius 1 is 1.22 bits per heavy atom. The fraction of sp³-hybridized carbons (Fsp3) is 0.211. The molecule has 0 bridgehead atoms. The fourth-order valence-corrected chi connectivity index (χ4v) is 2.98. The van der Waals surface area contributed by atoms with Gasteiger partial charge in [-0.05, 0) is 42.7 Å². The van der Waals surface area contributed by atoms with Gasteiger partial charge in [0.15, 0.2) is 0 Å². The van der Waals surface area contributed by atoms with E-state index in [9.17, 15) is 18.0 Å². The first-order valence-corrected chi connectivity index (χ1v) is 8.09. The van der Waals surface area contributed by atoms with Crippen molar-refractivity contribution in [1.82, 2.24) is 0 Å². The average Bonchev–Trinajstić information content (AvgIpc) is 2.55. The van der Waals surface area contributed by atoms with Crippen LogP contribution >= 0.6 is 11.6 Å². The molecule has 1 aliphatic heterocycles. The molecule has 1 unspecified atom stereocenters. The molecule has 138 valence electrons. The van der Waals surface area contributed by atoms with Gasteiger partial charge in [0.2, 0.25) is 6.10 Å². The minimum atomic E-state index is -4.83. The van der Waals surface area contributed by atoms with Crippen LogP contribution in [0.4, 0.5) is 13.2 Å². The van der Waals surface area contributed by atoms with Gasteiger partial charge in [-0.1, -0.05) is 41.4 Å². The number of carboxylic acids is 1. The summed E-state index contributed by atoms with van der Waals surface area (Å²) in [5.41, 5.74) is 1.98. The zero-order valence-electron chi connectivity index (χ0n) is 13.6. The van der Waals surface area contributed by atoms with Gasteiger partial charge in [0.05, 0.1) is 5.57 Å². The van der Waals surface area contributed by atoms with Crippen molar-refractivity contribution < 1.29 is 27.8 Å². The molecule has 0 fully saturated rings. The van der Waals surface area contributed by atoms with Gasteiger partial charge in [0.1, 0.15) is 5.75 Å². The maximum atomic E-state index is 13.2. The third-order valence-electron chi connectivity index (χ3n) is 4.08. The van der Waals surface area contributed by atoms with E-state index in [0.29, 0.717) is 17.0 Å². The van der Waals surface area contributed by atoms with Crippen molar-refractivity contribution in [3.8, 4) is 5.75 Å². The van der Waals surface area contributed by atoms with E-state index in [1.807, 2.05) is 31.2 Å². The van der Waals surface area contributed by atoms with Gasteiger partial charge >= 0.3 is 41.7 Å². The molecule has 0 saturated heterocycles. The summed E-state index contributed by atoms with van der Waals surface area (Å²) in [5.74, 6) is -1.72. The van der Waals surface area contributed by atoms with Gasteiger partial charge < -0.3 is 9.84 Å². The Kier molecular flexibility index (Phi) is 6.68. The van der Waals surface area contributed by atoms with Crippen LogP contribution in [0.2, 0.25) is 5.02 Å². The van der Waals surface area contributed by atoms with Gasteiger partial charge in [-0.25, -0.2) is 4.79 Å². The van der Waals surface area contributed by atoms with Crippen molar-refractivity contribution in [3.63, 3.8) is 0 Å². The molecular weight excluding hydrogens is 392 g/mol. The van der Waals surface area contributed by atoms with E-state index >= 15 is 0 Å². The Morgan fingerprint density at radius 2 is 1.85 bits per heavy atom. The molecule has 0 radical (unpaired) electrons. The number of alkyl halides is 3. The van der Waals surface area contributed by atoms with Crippen molar-refractivity contribution in [2.75, 3.05) is 0 Å². The van der Waals surface area contributed by atoms with Gasteiger partial charge in [0.25, 0.3) is 0 Å². The summed E-state index contributed by atoms with van der Waals surface area (Å²) in [4.78, 5) is 11.2. The van der Waals surface area contributed by atoms with E-state index in [4.69, 9.17) is 21.4 Å². The number of benzene rings is 2. The predicted octanol–water partition coefficient (Wildman–Crippen LogP) is 4.38. The van der Waals surface area contributed by atoms with E-state index < -0.39 is 23.8 Å². The number of aryl methyl sites for hydroxylation is 1. The zero-order valence-corrected chi connectivity index (χ0v) is 14.4. The topological polar surface area (TPSA) is 46.5 Å². The molecule has 27 heavy (non-hydrogen) atoms. The maximum absolute atomic E-state index is 13.2. The SMILES string of the molecule is Cc1ccc(Cc2cc3c(cc2Cl)C=C(C(=O)O)C(C(F)(F)F)O3)cc1.[NaH]. The number of carbonyl (C=O) groups is 1. The molecule has 1 atom stereocenters. The summed E-state index contributed by atoms with van der Waals surface area (Å²) in [6.45, 7) is 1.95. The Labute approximate surface area is 181 Å². The molecule has 0 aromatic heterocycles. The number of halogens is 4. The molecule has 8 heteroatoms. The number of aliphatic carboxylic acids is 1. The van der Waals surface area contributed by atoms with E-state index in [1.165, 1.54) is 12.1 Å². The van der Waals surface area contributed by atoms with Crippen LogP contribution in [0.1, 0.15) is 22.3 Å². The quantitative estimate of drug-likeness (QED) is 0.769. The number of fused-ring (bicyclic) bond motifs is 1. The first-order valence-electron chi connectivity index (χ1n) is 7.71. The van der Waals surface area contributed by atoms with Crippen LogP contribution in [0.5, 0.6) is 5.75 Å². The molecule has 0 spiro atoms. The molecular formula is C19H15ClF3NaO3. The molecule has 1 aliphatic rings. The summed E-state index contributed by atoms with van der Waals surface area (Å²) < 4.78 is 44.5. The van der Waals surface area contributed by atoms with Crippen LogP contribution in [0.25, 0.3) is 6.08 Å². The second-order valence-corrected chi connectivity index (χ2v) is 6.50. The zero-order chi connectivity index (χ0) is 19.1. The van der Waals surface area contributed by atoms with Gasteiger partial charge in [0, 0.05) is 10.6 Å². The third kappa shape index (κ3) is 4.88. The monoisotopic (exact) mass is 406 g/mol. The Morgan fingerprint density at radius 3 is 2.41 bits per heavy atom. The number of carboxylic acid groups (broad SMARTS) is 1. The fourth-order valence-electron chi connectivity index (χ4n) is 2.74. The van der Waals surface area contributed by atoms with E-state index in [0.717, 1.165) is 17.2 Å². The van der Waals surface area contributed by atoms with Crippen molar-refractivity contribution in [1.29, 1.82) is 0 Å². The van der Waals surface area contributed by atoms with Gasteiger partial charge in [-0.15, -0.1) is 0 Å². The van der Waals surface area contributed by atoms with Crippen LogP contribution in [0.3, 0.4) is 0 Å². The summed E-state index contributed by atoms with van der Waals surface area (Å²) >= 11 is 6.24. The summed E-state index contributed by atoms with van der Waals surface area (Å²) in [6.07, 6.45) is -5.97. The minimum absolute atomic E-state index is 0. The molecule has 3 rings (SSSR count). The molecule has 3 nitrogen and oxygen atoms in total. The Bertz CT molecular complexity index is 892. The predicted molar refractivity (Wildman–Crippen MR) is 98.7 cm³/mol. The summed E-state index contributed by atoms with van der Waals surface area (Å²) in [5, 5.41) is 9.39. The van der Waals surface area contributed by atoms with Crippen LogP contribution in [-0.4, -0.2) is 52.9 Å². The van der Waals surface area contributed by atoms with Crippen molar-refractivity contribution in [3.05, 3.63) is 69.2 Å². The Hall–Kier alpha value is -1.47. The Balaban J connectivity index is 0.00000261. The third-order valence-corrected chi connectivity index (χ3v) is 4.43. The molecule has 0 saturated carbocycles. The number of ether oxygens (including phenoxy) is 1. The van der Waals surface area contributed by atoms with Gasteiger partial charge in [-0.2, -0.15) is 13.2 Å². The number of hydrogen-bond acceptors (Lipinski definition) is 2. The summed E-state index contributed by atoms with van der Waals surface area (Å²) in [6, 6.07) is 10.5. The second kappa shape index (κ2) is 8.27. The molecule has 0 aliphatic carbocycles. The van der Waals surface area contributed by atoms with E-state index in [2.05, 4.69) is 0 Å². The van der Waals surface area contributed by atoms with E-state index in [-0.39, 0.29) is 40.9 Å². The van der Waals surface area contributed by atoms with E-state index in [1.54, 1.807) is 0 Å². The number of hydrogen-bond donors (Lipinski definition) is 1.